The molecular formula is C13H15IN2. The van der Waals surface area contributed by atoms with E-state index in [2.05, 4.69) is 53.7 Å². The molecule has 1 aliphatic rings. The summed E-state index contributed by atoms with van der Waals surface area (Å²) in [7, 11) is 4.29. The van der Waals surface area contributed by atoms with Gasteiger partial charge in [0, 0.05) is 24.4 Å². The molecule has 1 aromatic heterocycles. The summed E-state index contributed by atoms with van der Waals surface area (Å²) in [5, 5.41) is 1.42. The first-order valence-electron chi connectivity index (χ1n) is 5.39. The zero-order chi connectivity index (χ0) is 10.4. The smallest absolute Gasteiger partial charge is 0.187 e. The predicted octanol–water partition coefficient (Wildman–Crippen LogP) is -1.20. The highest BCUT2D eigenvalue weighted by molar-refractivity contribution is 5.93. The van der Waals surface area contributed by atoms with Crippen molar-refractivity contribution in [2.75, 3.05) is 13.6 Å². The van der Waals surface area contributed by atoms with Crippen molar-refractivity contribution in [2.24, 2.45) is 7.05 Å². The summed E-state index contributed by atoms with van der Waals surface area (Å²) < 4.78 is 4.56. The van der Waals surface area contributed by atoms with Gasteiger partial charge < -0.3 is 28.5 Å². The van der Waals surface area contributed by atoms with Crippen LogP contribution in [0.1, 0.15) is 11.3 Å². The van der Waals surface area contributed by atoms with Gasteiger partial charge in [-0.15, -0.1) is 0 Å². The number of para-hydroxylation sites is 1. The number of fused-ring (bicyclic) bond motifs is 3. The molecule has 2 nitrogen and oxygen atoms in total. The van der Waals surface area contributed by atoms with Crippen molar-refractivity contribution >= 4 is 17.1 Å². The van der Waals surface area contributed by atoms with Gasteiger partial charge in [0.25, 0.3) is 0 Å². The third-order valence-electron chi connectivity index (χ3n) is 3.32. The van der Waals surface area contributed by atoms with Crippen molar-refractivity contribution in [3.8, 4) is 0 Å². The van der Waals surface area contributed by atoms with Crippen molar-refractivity contribution in [2.45, 2.75) is 6.42 Å². The molecule has 1 aliphatic heterocycles. The quantitative estimate of drug-likeness (QED) is 0.425. The van der Waals surface area contributed by atoms with E-state index < -0.39 is 0 Å². The summed E-state index contributed by atoms with van der Waals surface area (Å²) >= 11 is 0. The average Bonchev–Trinajstić information content (AvgIpc) is 2.54. The maximum Gasteiger partial charge on any atom is 0.187 e. The number of hydrogen-bond acceptors (Lipinski definition) is 0. The molecular weight excluding hydrogens is 311 g/mol. The number of aryl methyl sites for hydroxylation is 1. The van der Waals surface area contributed by atoms with Gasteiger partial charge in [-0.05, 0) is 11.6 Å². The van der Waals surface area contributed by atoms with Crippen LogP contribution in [0.5, 0.6) is 0 Å². The number of halogens is 1. The Kier molecular flexibility index (Phi) is 3.06. The summed E-state index contributed by atoms with van der Waals surface area (Å²) in [6.45, 7) is 1.13. The summed E-state index contributed by atoms with van der Waals surface area (Å²) in [6, 6.07) is 8.66. The van der Waals surface area contributed by atoms with Gasteiger partial charge >= 0.3 is 0 Å². The van der Waals surface area contributed by atoms with E-state index in [0.717, 1.165) is 13.0 Å². The van der Waals surface area contributed by atoms with Gasteiger partial charge in [0.15, 0.2) is 6.21 Å². The van der Waals surface area contributed by atoms with Crippen LogP contribution in [0.15, 0.2) is 24.3 Å². The van der Waals surface area contributed by atoms with Crippen molar-refractivity contribution in [3.63, 3.8) is 0 Å². The van der Waals surface area contributed by atoms with E-state index in [-0.39, 0.29) is 24.0 Å². The fourth-order valence-electron chi connectivity index (χ4n) is 2.48. The van der Waals surface area contributed by atoms with E-state index in [4.69, 9.17) is 0 Å². The van der Waals surface area contributed by atoms with Gasteiger partial charge in [0.1, 0.15) is 19.3 Å². The van der Waals surface area contributed by atoms with Crippen LogP contribution in [0.3, 0.4) is 0 Å². The summed E-state index contributed by atoms with van der Waals surface area (Å²) in [6.07, 6.45) is 3.41. The van der Waals surface area contributed by atoms with Crippen molar-refractivity contribution in [3.05, 3.63) is 35.5 Å². The molecule has 0 N–H and O–H groups in total. The third-order valence-corrected chi connectivity index (χ3v) is 3.32. The second-order valence-corrected chi connectivity index (χ2v) is 4.30. The normalized spacial score (nSPS) is 14.2. The Hall–Kier alpha value is -0.840. The van der Waals surface area contributed by atoms with Crippen LogP contribution in [0.25, 0.3) is 10.9 Å². The zero-order valence-electron chi connectivity index (χ0n) is 9.57. The lowest BCUT2D eigenvalue weighted by Crippen LogP contribution is -3.00. The highest BCUT2D eigenvalue weighted by Crippen LogP contribution is 2.25. The number of benzene rings is 1. The minimum Gasteiger partial charge on any atom is -1.00 e. The van der Waals surface area contributed by atoms with Crippen LogP contribution in [-0.4, -0.2) is 28.9 Å². The molecule has 0 bridgehead atoms. The molecule has 16 heavy (non-hydrogen) atoms. The number of aromatic nitrogens is 1. The summed E-state index contributed by atoms with van der Waals surface area (Å²) in [5.41, 5.74) is 4.21. The third kappa shape index (κ3) is 1.57. The SMILES string of the molecule is Cn1c2c(c3ccccc31)CC[N+](C)=C2.[I-]. The minimum atomic E-state index is 0. The molecule has 2 aromatic rings. The van der Waals surface area contributed by atoms with Gasteiger partial charge in [0.2, 0.25) is 0 Å². The molecule has 0 aliphatic carbocycles. The first-order chi connectivity index (χ1) is 7.27. The lowest BCUT2D eigenvalue weighted by molar-refractivity contribution is -0.493. The molecule has 1 aromatic carbocycles. The van der Waals surface area contributed by atoms with Crippen molar-refractivity contribution in [1.29, 1.82) is 0 Å². The van der Waals surface area contributed by atoms with Crippen LogP contribution in [-0.2, 0) is 13.5 Å². The predicted molar refractivity (Wildman–Crippen MR) is 62.8 cm³/mol. The molecule has 0 radical (unpaired) electrons. The number of hydrogen-bond donors (Lipinski definition) is 0. The molecule has 0 unspecified atom stereocenters. The molecule has 0 amide bonds. The Bertz CT molecular complexity index is 567. The Morgan fingerprint density at radius 1 is 1.25 bits per heavy atom. The zero-order valence-corrected chi connectivity index (χ0v) is 11.7. The molecule has 0 fully saturated rings. The standard InChI is InChI=1S/C13H15N2.HI/c1-14-8-7-11-10-5-3-4-6-12(10)15(2)13(11)9-14;/h3-6,9H,7-8H2,1-2H3;1H/q+1;/p-1. The molecule has 84 valence electrons. The number of nitrogens with zero attached hydrogens (tertiary/aromatic N) is 2. The average molecular weight is 326 g/mol. The monoisotopic (exact) mass is 326 g/mol. The van der Waals surface area contributed by atoms with Crippen LogP contribution >= 0.6 is 0 Å². The Morgan fingerprint density at radius 3 is 2.81 bits per heavy atom. The molecule has 3 rings (SSSR count). The van der Waals surface area contributed by atoms with E-state index in [0.29, 0.717) is 0 Å². The van der Waals surface area contributed by atoms with Gasteiger partial charge in [0.05, 0.1) is 0 Å². The highest BCUT2D eigenvalue weighted by atomic mass is 127. The molecule has 0 spiro atoms. The molecule has 3 heteroatoms. The fraction of sp³-hybridized carbons (Fsp3) is 0.308. The largest absolute Gasteiger partial charge is 1.00 e. The number of likely N-dealkylation sites (N-methyl/N-ethyl adjacent to an activating group) is 1. The van der Waals surface area contributed by atoms with Crippen LogP contribution in [0.4, 0.5) is 0 Å². The maximum atomic E-state index is 2.29. The van der Waals surface area contributed by atoms with Gasteiger partial charge in [-0.25, -0.2) is 4.58 Å². The first kappa shape index (κ1) is 11.6. The summed E-state index contributed by atoms with van der Waals surface area (Å²) in [4.78, 5) is 0. The van der Waals surface area contributed by atoms with E-state index >= 15 is 0 Å². The highest BCUT2D eigenvalue weighted by Gasteiger charge is 2.20. The van der Waals surface area contributed by atoms with Gasteiger partial charge in [-0.2, -0.15) is 0 Å². The lowest BCUT2D eigenvalue weighted by Gasteiger charge is -2.06. The van der Waals surface area contributed by atoms with Crippen LogP contribution < -0.4 is 24.0 Å². The first-order valence-corrected chi connectivity index (χ1v) is 5.39. The topological polar surface area (TPSA) is 7.94 Å². The molecule has 0 saturated heterocycles. The fourth-order valence-corrected chi connectivity index (χ4v) is 2.48. The summed E-state index contributed by atoms with van der Waals surface area (Å²) in [5.74, 6) is 0. The second-order valence-electron chi connectivity index (χ2n) is 4.30. The Morgan fingerprint density at radius 2 is 2.00 bits per heavy atom. The lowest BCUT2D eigenvalue weighted by atomic mass is 10.1. The van der Waals surface area contributed by atoms with Gasteiger partial charge in [-0.1, -0.05) is 18.2 Å². The van der Waals surface area contributed by atoms with Gasteiger partial charge in [-0.3, -0.25) is 0 Å². The molecule has 0 saturated carbocycles. The van der Waals surface area contributed by atoms with Crippen molar-refractivity contribution in [1.82, 2.24) is 4.57 Å². The van der Waals surface area contributed by atoms with Crippen LogP contribution in [0.2, 0.25) is 0 Å². The maximum absolute atomic E-state index is 2.29. The molecule has 2 heterocycles. The molecule has 0 atom stereocenters. The number of rotatable bonds is 0. The van der Waals surface area contributed by atoms with E-state index in [1.165, 1.54) is 22.2 Å². The van der Waals surface area contributed by atoms with Crippen LogP contribution in [0, 0.1) is 0 Å². The van der Waals surface area contributed by atoms with E-state index in [1.807, 2.05) is 0 Å². The van der Waals surface area contributed by atoms with E-state index in [1.54, 1.807) is 0 Å². The Balaban J connectivity index is 0.000000963. The van der Waals surface area contributed by atoms with E-state index in [9.17, 15) is 0 Å². The minimum absolute atomic E-state index is 0. The second kappa shape index (κ2) is 4.20. The van der Waals surface area contributed by atoms with Crippen molar-refractivity contribution < 1.29 is 28.6 Å². The Labute approximate surface area is 113 Å².